The van der Waals surface area contributed by atoms with Gasteiger partial charge in [0.1, 0.15) is 0 Å². The number of hydrogen-bond acceptors (Lipinski definition) is 8. The summed E-state index contributed by atoms with van der Waals surface area (Å²) in [5, 5.41) is 18.1. The molecular weight excluding hydrogens is 364 g/mol. The lowest BCUT2D eigenvalue weighted by Crippen LogP contribution is -2.35. The second-order valence-corrected chi connectivity index (χ2v) is 8.37. The van der Waals surface area contributed by atoms with Gasteiger partial charge < -0.3 is 14.1 Å². The van der Waals surface area contributed by atoms with Crippen molar-refractivity contribution in [3.63, 3.8) is 0 Å². The van der Waals surface area contributed by atoms with E-state index in [1.165, 1.54) is 12.8 Å². The first kappa shape index (κ1) is 18.7. The predicted octanol–water partition coefficient (Wildman–Crippen LogP) is 2.93. The number of aromatic nitrogens is 5. The van der Waals surface area contributed by atoms with Gasteiger partial charge in [0.15, 0.2) is 5.16 Å². The molecule has 1 atom stereocenters. The highest BCUT2D eigenvalue weighted by molar-refractivity contribution is 7.98. The molecule has 2 aromatic heterocycles. The zero-order valence-corrected chi connectivity index (χ0v) is 17.0. The molecule has 2 aliphatic rings. The Morgan fingerprint density at radius 2 is 1.89 bits per heavy atom. The smallest absolute Gasteiger partial charge is 0.228 e. The van der Waals surface area contributed by atoms with Crippen LogP contribution in [0.1, 0.15) is 51.3 Å². The molecule has 8 nitrogen and oxygen atoms in total. The quantitative estimate of drug-likeness (QED) is 0.665. The van der Waals surface area contributed by atoms with E-state index < -0.39 is 0 Å². The standard InChI is InChI=1S/C18H28N6O2S/c1-3-15-19-20-16(26-15)12-27-18-22-21-17(23-8-6-13(2)7-9-23)24(18)11-14-5-4-10-25-14/h13-14H,3-12H2,1-2H3. The summed E-state index contributed by atoms with van der Waals surface area (Å²) in [6.45, 7) is 8.07. The molecule has 1 unspecified atom stereocenters. The number of rotatable bonds is 7. The second-order valence-electron chi connectivity index (χ2n) is 7.43. The van der Waals surface area contributed by atoms with Gasteiger partial charge >= 0.3 is 0 Å². The van der Waals surface area contributed by atoms with Crippen LogP contribution in [0.3, 0.4) is 0 Å². The Kier molecular flexibility index (Phi) is 5.97. The first-order valence-electron chi connectivity index (χ1n) is 9.96. The highest BCUT2D eigenvalue weighted by Crippen LogP contribution is 2.29. The molecule has 148 valence electrons. The van der Waals surface area contributed by atoms with Crippen molar-refractivity contribution in [2.24, 2.45) is 5.92 Å². The number of nitrogens with zero attached hydrogens (tertiary/aromatic N) is 6. The lowest BCUT2D eigenvalue weighted by Gasteiger charge is -2.31. The average Bonchev–Trinajstić information content (AvgIpc) is 3.42. The van der Waals surface area contributed by atoms with Gasteiger partial charge in [-0.2, -0.15) is 0 Å². The Morgan fingerprint density at radius 1 is 1.07 bits per heavy atom. The van der Waals surface area contributed by atoms with E-state index in [1.807, 2.05) is 6.92 Å². The van der Waals surface area contributed by atoms with Crippen LogP contribution >= 0.6 is 11.8 Å². The van der Waals surface area contributed by atoms with Crippen molar-refractivity contribution in [3.8, 4) is 0 Å². The van der Waals surface area contributed by atoms with E-state index in [2.05, 4.69) is 36.8 Å². The minimum atomic E-state index is 0.248. The molecule has 0 spiro atoms. The van der Waals surface area contributed by atoms with Crippen LogP contribution in [0.4, 0.5) is 5.95 Å². The molecule has 27 heavy (non-hydrogen) atoms. The summed E-state index contributed by atoms with van der Waals surface area (Å²) in [6, 6.07) is 0. The Hall–Kier alpha value is -1.61. The van der Waals surface area contributed by atoms with Gasteiger partial charge in [0.25, 0.3) is 0 Å². The Balaban J connectivity index is 1.50. The summed E-state index contributed by atoms with van der Waals surface area (Å²) in [7, 11) is 0. The molecule has 0 bridgehead atoms. The normalized spacial score (nSPS) is 21.3. The monoisotopic (exact) mass is 392 g/mol. The van der Waals surface area contributed by atoms with Gasteiger partial charge in [-0.25, -0.2) is 0 Å². The van der Waals surface area contributed by atoms with Crippen molar-refractivity contribution in [2.75, 3.05) is 24.6 Å². The van der Waals surface area contributed by atoms with Gasteiger partial charge in [-0.05, 0) is 31.6 Å². The first-order valence-corrected chi connectivity index (χ1v) is 10.9. The van der Waals surface area contributed by atoms with Crippen molar-refractivity contribution in [2.45, 2.75) is 69.5 Å². The topological polar surface area (TPSA) is 82.1 Å². The molecule has 0 N–H and O–H groups in total. The van der Waals surface area contributed by atoms with Crippen LogP contribution in [0.2, 0.25) is 0 Å². The lowest BCUT2D eigenvalue weighted by atomic mass is 10.00. The molecule has 2 aromatic rings. The maximum Gasteiger partial charge on any atom is 0.228 e. The number of anilines is 1. The van der Waals surface area contributed by atoms with Crippen molar-refractivity contribution in [1.82, 2.24) is 25.0 Å². The predicted molar refractivity (Wildman–Crippen MR) is 103 cm³/mol. The van der Waals surface area contributed by atoms with E-state index in [-0.39, 0.29) is 6.10 Å². The zero-order chi connectivity index (χ0) is 18.6. The van der Waals surface area contributed by atoms with Gasteiger partial charge in [0.05, 0.1) is 18.4 Å². The van der Waals surface area contributed by atoms with Gasteiger partial charge in [-0.1, -0.05) is 25.6 Å². The van der Waals surface area contributed by atoms with Crippen molar-refractivity contribution in [3.05, 3.63) is 11.8 Å². The molecule has 0 aliphatic carbocycles. The van der Waals surface area contributed by atoms with E-state index >= 15 is 0 Å². The molecule has 0 radical (unpaired) electrons. The van der Waals surface area contributed by atoms with E-state index in [0.29, 0.717) is 17.5 Å². The Bertz CT molecular complexity index is 734. The lowest BCUT2D eigenvalue weighted by molar-refractivity contribution is 0.0951. The van der Waals surface area contributed by atoms with E-state index in [9.17, 15) is 0 Å². The summed E-state index contributed by atoms with van der Waals surface area (Å²) in [6.07, 6.45) is 5.65. The number of ether oxygens (including phenoxy) is 1. The summed E-state index contributed by atoms with van der Waals surface area (Å²) in [5.74, 6) is 3.68. The van der Waals surface area contributed by atoms with Gasteiger partial charge in [0.2, 0.25) is 17.7 Å². The highest BCUT2D eigenvalue weighted by Gasteiger charge is 2.26. The molecule has 2 saturated heterocycles. The summed E-state index contributed by atoms with van der Waals surface area (Å²) < 4.78 is 13.7. The molecule has 9 heteroatoms. The number of thioether (sulfide) groups is 1. The zero-order valence-electron chi connectivity index (χ0n) is 16.1. The third kappa shape index (κ3) is 4.45. The molecule has 0 saturated carbocycles. The molecule has 0 amide bonds. The van der Waals surface area contributed by atoms with Gasteiger partial charge in [0, 0.05) is 26.1 Å². The fraction of sp³-hybridized carbons (Fsp3) is 0.778. The van der Waals surface area contributed by atoms with Crippen molar-refractivity contribution in [1.29, 1.82) is 0 Å². The third-order valence-corrected chi connectivity index (χ3v) is 6.26. The third-order valence-electron chi connectivity index (χ3n) is 5.31. The fourth-order valence-electron chi connectivity index (χ4n) is 3.60. The van der Waals surface area contributed by atoms with Crippen LogP contribution < -0.4 is 4.90 Å². The van der Waals surface area contributed by atoms with Crippen LogP contribution in [0.25, 0.3) is 0 Å². The van der Waals surface area contributed by atoms with E-state index in [0.717, 1.165) is 62.5 Å². The highest BCUT2D eigenvalue weighted by atomic mass is 32.2. The van der Waals surface area contributed by atoms with Crippen LogP contribution in [-0.4, -0.2) is 50.8 Å². The van der Waals surface area contributed by atoms with Crippen LogP contribution in [0.15, 0.2) is 9.57 Å². The molecule has 0 aromatic carbocycles. The summed E-state index contributed by atoms with van der Waals surface area (Å²) in [4.78, 5) is 2.37. The van der Waals surface area contributed by atoms with Crippen molar-refractivity contribution >= 4 is 17.7 Å². The molecule has 2 aliphatic heterocycles. The minimum Gasteiger partial charge on any atom is -0.424 e. The molecular formula is C18H28N6O2S. The van der Waals surface area contributed by atoms with Crippen LogP contribution in [0.5, 0.6) is 0 Å². The Morgan fingerprint density at radius 3 is 2.59 bits per heavy atom. The first-order chi connectivity index (χ1) is 13.2. The molecule has 4 rings (SSSR count). The van der Waals surface area contributed by atoms with Crippen molar-refractivity contribution < 1.29 is 9.15 Å². The summed E-state index contributed by atoms with van der Waals surface area (Å²) >= 11 is 1.60. The minimum absolute atomic E-state index is 0.248. The number of aryl methyl sites for hydroxylation is 1. The SMILES string of the molecule is CCc1nnc(CSc2nnc(N3CCC(C)CC3)n2CC2CCCO2)o1. The van der Waals surface area contributed by atoms with E-state index in [4.69, 9.17) is 9.15 Å². The second kappa shape index (κ2) is 8.60. The van der Waals surface area contributed by atoms with Gasteiger partial charge in [-0.15, -0.1) is 20.4 Å². The Labute approximate surface area is 164 Å². The molecule has 2 fully saturated rings. The maximum atomic E-state index is 5.88. The molecule has 4 heterocycles. The van der Waals surface area contributed by atoms with Crippen LogP contribution in [-0.2, 0) is 23.5 Å². The fourth-order valence-corrected chi connectivity index (χ4v) is 4.38. The number of hydrogen-bond donors (Lipinski definition) is 0. The van der Waals surface area contributed by atoms with E-state index in [1.54, 1.807) is 11.8 Å². The largest absolute Gasteiger partial charge is 0.424 e. The number of piperidine rings is 1. The summed E-state index contributed by atoms with van der Waals surface area (Å²) in [5.41, 5.74) is 0. The van der Waals surface area contributed by atoms with Gasteiger partial charge in [-0.3, -0.25) is 4.57 Å². The maximum absolute atomic E-state index is 5.88. The van der Waals surface area contributed by atoms with Crippen LogP contribution in [0, 0.1) is 5.92 Å². The average molecular weight is 393 g/mol.